The molecule has 0 radical (unpaired) electrons. The summed E-state index contributed by atoms with van der Waals surface area (Å²) in [5.74, 6) is 0. The van der Waals surface area contributed by atoms with Crippen molar-refractivity contribution in [2.75, 3.05) is 18.3 Å². The van der Waals surface area contributed by atoms with Gasteiger partial charge < -0.3 is 4.74 Å². The van der Waals surface area contributed by atoms with Crippen molar-refractivity contribution < 1.29 is 17.9 Å². The van der Waals surface area contributed by atoms with Gasteiger partial charge in [-0.2, -0.15) is 18.4 Å². The molecular weight excluding hydrogens is 475 g/mol. The second-order valence-corrected chi connectivity index (χ2v) is 15.3. The summed E-state index contributed by atoms with van der Waals surface area (Å²) in [7, 11) is -1.30. The minimum Gasteiger partial charge on any atom is -0.360 e. The van der Waals surface area contributed by atoms with Gasteiger partial charge >= 0.3 is 6.18 Å². The van der Waals surface area contributed by atoms with E-state index in [0.717, 1.165) is 10.6 Å². The number of fused-ring (bicyclic) bond motifs is 3. The first-order valence-corrected chi connectivity index (χ1v) is 14.9. The van der Waals surface area contributed by atoms with Crippen molar-refractivity contribution >= 4 is 24.7 Å². The van der Waals surface area contributed by atoms with Crippen molar-refractivity contribution in [3.63, 3.8) is 0 Å². The first kappa shape index (κ1) is 24.9. The lowest BCUT2D eigenvalue weighted by Gasteiger charge is -2.23. The van der Waals surface area contributed by atoms with Crippen molar-refractivity contribution in [1.29, 1.82) is 5.26 Å². The Morgan fingerprint density at radius 2 is 1.94 bits per heavy atom. The van der Waals surface area contributed by atoms with Crippen molar-refractivity contribution in [2.24, 2.45) is 0 Å². The standard InChI is InChI=1S/C24H26F3N5O2Si/c1-35(2,3)9-8-34-15-32-22-19-10-17(12-28)18(16-4-6-29-7-5-16)11-21(19)31(14-24(25,26)27)23(33)20(22)13-30-32/h4-7,10-11,30H,8-9,13-15H2,1-3H3. The maximum absolute atomic E-state index is 13.5. The summed E-state index contributed by atoms with van der Waals surface area (Å²) in [5, 5.41) is 11.9. The van der Waals surface area contributed by atoms with Crippen LogP contribution in [0.5, 0.6) is 0 Å². The second-order valence-electron chi connectivity index (χ2n) is 9.71. The van der Waals surface area contributed by atoms with Gasteiger partial charge in [0, 0.05) is 44.6 Å². The second kappa shape index (κ2) is 9.45. The van der Waals surface area contributed by atoms with Gasteiger partial charge in [0.05, 0.1) is 28.4 Å². The van der Waals surface area contributed by atoms with Crippen molar-refractivity contribution in [1.82, 2.24) is 15.0 Å². The SMILES string of the molecule is C[Si](C)(C)CCOCN1NCc2c1c1cc(C#N)c(-c3ccncc3)cc1n(CC(F)(F)F)c2=O. The predicted molar refractivity (Wildman–Crippen MR) is 130 cm³/mol. The molecule has 1 aromatic carbocycles. The number of halogens is 3. The lowest BCUT2D eigenvalue weighted by Crippen LogP contribution is -2.35. The first-order valence-electron chi connectivity index (χ1n) is 11.2. The highest BCUT2D eigenvalue weighted by Gasteiger charge is 2.33. The molecule has 3 aromatic rings. The average molecular weight is 502 g/mol. The van der Waals surface area contributed by atoms with Crippen LogP contribution < -0.4 is 16.0 Å². The van der Waals surface area contributed by atoms with Gasteiger partial charge in [0.1, 0.15) is 13.3 Å². The van der Waals surface area contributed by atoms with Gasteiger partial charge in [-0.1, -0.05) is 19.6 Å². The van der Waals surface area contributed by atoms with Gasteiger partial charge in [0.2, 0.25) is 0 Å². The maximum Gasteiger partial charge on any atom is 0.406 e. The molecule has 2 aromatic heterocycles. The number of hydrogen-bond donors (Lipinski definition) is 1. The molecule has 0 amide bonds. The van der Waals surface area contributed by atoms with E-state index in [1.165, 1.54) is 18.5 Å². The zero-order valence-electron chi connectivity index (χ0n) is 19.7. The minimum atomic E-state index is -4.60. The molecule has 0 atom stereocenters. The molecule has 7 nitrogen and oxygen atoms in total. The molecule has 0 spiro atoms. The number of aromatic nitrogens is 2. The molecule has 1 N–H and O–H groups in total. The molecule has 1 aliphatic heterocycles. The number of nitrogens with one attached hydrogen (secondary N) is 1. The molecule has 35 heavy (non-hydrogen) atoms. The third-order valence-corrected chi connectivity index (χ3v) is 7.56. The van der Waals surface area contributed by atoms with E-state index in [1.807, 2.05) is 0 Å². The van der Waals surface area contributed by atoms with E-state index in [2.05, 4.69) is 36.1 Å². The van der Waals surface area contributed by atoms with Crippen molar-refractivity contribution in [2.45, 2.75) is 45.0 Å². The third kappa shape index (κ3) is 5.40. The molecule has 0 saturated carbocycles. The molecule has 4 rings (SSSR count). The molecule has 0 saturated heterocycles. The number of anilines is 1. The van der Waals surface area contributed by atoms with E-state index in [-0.39, 0.29) is 29.9 Å². The number of hydrazine groups is 1. The van der Waals surface area contributed by atoms with E-state index in [1.54, 1.807) is 23.2 Å². The molecule has 0 aliphatic carbocycles. The van der Waals surface area contributed by atoms with Gasteiger partial charge in [-0.25, -0.2) is 5.43 Å². The van der Waals surface area contributed by atoms with Crippen LogP contribution in [-0.2, 0) is 17.8 Å². The Balaban J connectivity index is 1.87. The van der Waals surface area contributed by atoms with Gasteiger partial charge in [-0.15, -0.1) is 0 Å². The van der Waals surface area contributed by atoms with E-state index in [4.69, 9.17) is 4.74 Å². The van der Waals surface area contributed by atoms with Gasteiger partial charge in [0.25, 0.3) is 5.56 Å². The molecule has 0 bridgehead atoms. The molecule has 11 heteroatoms. The largest absolute Gasteiger partial charge is 0.406 e. The summed E-state index contributed by atoms with van der Waals surface area (Å²) in [6, 6.07) is 9.48. The molecule has 0 unspecified atom stereocenters. The zero-order chi connectivity index (χ0) is 25.4. The summed E-state index contributed by atoms with van der Waals surface area (Å²) in [4.78, 5) is 17.2. The predicted octanol–water partition coefficient (Wildman–Crippen LogP) is 4.63. The summed E-state index contributed by atoms with van der Waals surface area (Å²) in [6.45, 7) is 6.03. The normalized spacial score (nSPS) is 13.8. The van der Waals surface area contributed by atoms with Gasteiger partial charge in [-0.3, -0.25) is 19.4 Å². The van der Waals surface area contributed by atoms with Crippen LogP contribution in [0.4, 0.5) is 18.9 Å². The fourth-order valence-electron chi connectivity index (χ4n) is 4.10. The number of benzene rings is 1. The Kier molecular flexibility index (Phi) is 6.72. The molecular formula is C24H26F3N5O2Si. The average Bonchev–Trinajstić information content (AvgIpc) is 3.22. The fraction of sp³-hybridized carbons (Fsp3) is 0.375. The smallest absolute Gasteiger partial charge is 0.360 e. The van der Waals surface area contributed by atoms with Crippen LogP contribution in [0.3, 0.4) is 0 Å². The van der Waals surface area contributed by atoms with Crippen molar-refractivity contribution in [3.8, 4) is 17.2 Å². The highest BCUT2D eigenvalue weighted by Crippen LogP contribution is 2.37. The highest BCUT2D eigenvalue weighted by atomic mass is 28.3. The van der Waals surface area contributed by atoms with Crippen LogP contribution >= 0.6 is 0 Å². The topological polar surface area (TPSA) is 83.2 Å². The zero-order valence-corrected chi connectivity index (χ0v) is 20.7. The van der Waals surface area contributed by atoms with E-state index < -0.39 is 26.4 Å². The number of nitrogens with zero attached hydrogens (tertiary/aromatic N) is 4. The van der Waals surface area contributed by atoms with Gasteiger partial charge in [0.15, 0.2) is 0 Å². The van der Waals surface area contributed by atoms with Crippen LogP contribution in [0.25, 0.3) is 22.0 Å². The number of hydrogen-bond acceptors (Lipinski definition) is 6. The monoisotopic (exact) mass is 501 g/mol. The highest BCUT2D eigenvalue weighted by molar-refractivity contribution is 6.76. The lowest BCUT2D eigenvalue weighted by molar-refractivity contribution is -0.140. The Morgan fingerprint density at radius 1 is 1.23 bits per heavy atom. The summed E-state index contributed by atoms with van der Waals surface area (Å²) in [6.07, 6.45) is -1.52. The van der Waals surface area contributed by atoms with Crippen molar-refractivity contribution in [3.05, 3.63) is 58.1 Å². The number of alkyl halides is 3. The van der Waals surface area contributed by atoms with Crippen LogP contribution in [-0.4, -0.2) is 37.1 Å². The van der Waals surface area contributed by atoms with Crippen LogP contribution in [0.2, 0.25) is 25.7 Å². The maximum atomic E-state index is 13.5. The van der Waals surface area contributed by atoms with Gasteiger partial charge in [-0.05, 0) is 35.9 Å². The summed E-state index contributed by atoms with van der Waals surface area (Å²) >= 11 is 0. The summed E-state index contributed by atoms with van der Waals surface area (Å²) in [5.41, 5.74) is 4.46. The Hall–Kier alpha value is -3.20. The molecule has 3 heterocycles. The summed E-state index contributed by atoms with van der Waals surface area (Å²) < 4.78 is 47.0. The fourth-order valence-corrected chi connectivity index (χ4v) is 4.86. The number of ether oxygens (including phenoxy) is 1. The number of rotatable bonds is 7. The minimum absolute atomic E-state index is 0.0767. The third-order valence-electron chi connectivity index (χ3n) is 5.85. The molecule has 1 aliphatic rings. The first-order chi connectivity index (χ1) is 16.5. The van der Waals surface area contributed by atoms with Crippen LogP contribution in [0.15, 0.2) is 41.5 Å². The van der Waals surface area contributed by atoms with E-state index in [9.17, 15) is 23.2 Å². The molecule has 0 fully saturated rings. The van der Waals surface area contributed by atoms with E-state index in [0.29, 0.717) is 28.8 Å². The quantitative estimate of drug-likeness (QED) is 0.375. The van der Waals surface area contributed by atoms with Crippen LogP contribution in [0, 0.1) is 11.3 Å². The van der Waals surface area contributed by atoms with E-state index >= 15 is 0 Å². The molecule has 184 valence electrons. The number of pyridine rings is 2. The lowest BCUT2D eigenvalue weighted by atomic mass is 9.97. The number of nitriles is 1. The Morgan fingerprint density at radius 3 is 2.57 bits per heavy atom. The Bertz CT molecular complexity index is 1340. The Labute approximate surface area is 201 Å². The van der Waals surface area contributed by atoms with Crippen LogP contribution in [0.1, 0.15) is 11.1 Å².